The summed E-state index contributed by atoms with van der Waals surface area (Å²) in [6.07, 6.45) is 0.859. The Kier molecular flexibility index (Phi) is 6.44. The van der Waals surface area contributed by atoms with Crippen molar-refractivity contribution < 1.29 is 9.90 Å². The Balaban J connectivity index is 1.96. The highest BCUT2D eigenvalue weighted by Gasteiger charge is 2.08. The third-order valence-electron chi connectivity index (χ3n) is 3.39. The monoisotopic (exact) mass is 332 g/mol. The molecule has 1 atom stereocenters. The van der Waals surface area contributed by atoms with Gasteiger partial charge in [0.1, 0.15) is 0 Å². The number of rotatable bonds is 7. The quantitative estimate of drug-likeness (QED) is 0.730. The van der Waals surface area contributed by atoms with Crippen LogP contribution in [0.1, 0.15) is 22.8 Å². The highest BCUT2D eigenvalue weighted by atomic mass is 35.5. The van der Waals surface area contributed by atoms with E-state index in [9.17, 15) is 4.79 Å². The fraction of sp³-hybridized carbons (Fsp3) is 0.278. The minimum absolute atomic E-state index is 0.0677. The zero-order valence-electron chi connectivity index (χ0n) is 13.1. The minimum atomic E-state index is -0.187. The Morgan fingerprint density at radius 3 is 2.65 bits per heavy atom. The van der Waals surface area contributed by atoms with Crippen molar-refractivity contribution in [1.29, 1.82) is 0 Å². The summed E-state index contributed by atoms with van der Waals surface area (Å²) in [5, 5.41) is 15.5. The summed E-state index contributed by atoms with van der Waals surface area (Å²) in [7, 11) is 0. The number of aliphatic hydroxyl groups excluding tert-OH is 1. The van der Waals surface area contributed by atoms with Crippen LogP contribution in [0.3, 0.4) is 0 Å². The van der Waals surface area contributed by atoms with Crippen molar-refractivity contribution in [2.45, 2.75) is 19.4 Å². The molecule has 1 unspecified atom stereocenters. The van der Waals surface area contributed by atoms with E-state index in [-0.39, 0.29) is 25.1 Å². The second-order valence-electron chi connectivity index (χ2n) is 5.44. The maximum Gasteiger partial charge on any atom is 0.251 e. The molecule has 2 rings (SSSR count). The van der Waals surface area contributed by atoms with E-state index >= 15 is 0 Å². The smallest absolute Gasteiger partial charge is 0.251 e. The van der Waals surface area contributed by atoms with Crippen LogP contribution in [0.4, 0.5) is 5.69 Å². The van der Waals surface area contributed by atoms with E-state index < -0.39 is 0 Å². The number of nitrogens with one attached hydrogen (secondary N) is 2. The molecule has 4 nitrogen and oxygen atoms in total. The number of hydrogen-bond donors (Lipinski definition) is 3. The summed E-state index contributed by atoms with van der Waals surface area (Å²) < 4.78 is 0. The van der Waals surface area contributed by atoms with Crippen LogP contribution >= 0.6 is 11.6 Å². The Bertz CT molecular complexity index is 644. The lowest BCUT2D eigenvalue weighted by Crippen LogP contribution is -2.26. The molecule has 23 heavy (non-hydrogen) atoms. The topological polar surface area (TPSA) is 61.4 Å². The van der Waals surface area contributed by atoms with Crippen molar-refractivity contribution in [1.82, 2.24) is 5.32 Å². The van der Waals surface area contributed by atoms with Crippen LogP contribution in [0.15, 0.2) is 48.5 Å². The van der Waals surface area contributed by atoms with E-state index in [2.05, 4.69) is 17.6 Å². The first-order chi connectivity index (χ1) is 11.1. The lowest BCUT2D eigenvalue weighted by atomic mass is 10.1. The standard InChI is InChI=1S/C18H21ClN2O2/c1-13(11-14-5-7-16(19)8-6-14)21-17-4-2-3-15(12-17)18(23)20-9-10-22/h2-8,12-13,21-22H,9-11H2,1H3,(H,20,23). The summed E-state index contributed by atoms with van der Waals surface area (Å²) >= 11 is 5.89. The second kappa shape index (κ2) is 8.56. The molecule has 0 radical (unpaired) electrons. The van der Waals surface area contributed by atoms with Crippen molar-refractivity contribution in [3.8, 4) is 0 Å². The largest absolute Gasteiger partial charge is 0.395 e. The summed E-state index contributed by atoms with van der Waals surface area (Å²) in [6, 6.07) is 15.3. The normalized spacial score (nSPS) is 11.8. The van der Waals surface area contributed by atoms with E-state index in [0.717, 1.165) is 17.1 Å². The molecule has 0 saturated carbocycles. The summed E-state index contributed by atoms with van der Waals surface area (Å²) in [5.41, 5.74) is 2.66. The molecule has 0 bridgehead atoms. The van der Waals surface area contributed by atoms with Crippen LogP contribution in [0.25, 0.3) is 0 Å². The number of hydrogen-bond acceptors (Lipinski definition) is 3. The van der Waals surface area contributed by atoms with Crippen molar-refractivity contribution in [3.63, 3.8) is 0 Å². The average molecular weight is 333 g/mol. The predicted octanol–water partition coefficient (Wildman–Crippen LogP) is 3.11. The number of amides is 1. The first-order valence-electron chi connectivity index (χ1n) is 7.58. The van der Waals surface area contributed by atoms with Crippen molar-refractivity contribution in [3.05, 3.63) is 64.7 Å². The SMILES string of the molecule is CC(Cc1ccc(Cl)cc1)Nc1cccc(C(=O)NCCO)c1. The van der Waals surface area contributed by atoms with Gasteiger partial charge in [-0.05, 0) is 49.2 Å². The molecule has 5 heteroatoms. The zero-order chi connectivity index (χ0) is 16.7. The number of carbonyl (C=O) groups is 1. The molecule has 2 aromatic carbocycles. The van der Waals surface area contributed by atoms with Crippen LogP contribution in [0, 0.1) is 0 Å². The number of carbonyl (C=O) groups excluding carboxylic acids is 1. The predicted molar refractivity (Wildman–Crippen MR) is 94.1 cm³/mol. The van der Waals surface area contributed by atoms with Crippen LogP contribution in [0.2, 0.25) is 5.02 Å². The molecule has 0 fully saturated rings. The van der Waals surface area contributed by atoms with E-state index in [4.69, 9.17) is 16.7 Å². The fourth-order valence-corrected chi connectivity index (χ4v) is 2.46. The molecule has 0 saturated heterocycles. The van der Waals surface area contributed by atoms with Crippen molar-refractivity contribution in [2.24, 2.45) is 0 Å². The van der Waals surface area contributed by atoms with Gasteiger partial charge >= 0.3 is 0 Å². The van der Waals surface area contributed by atoms with Crippen LogP contribution in [0.5, 0.6) is 0 Å². The first kappa shape index (κ1) is 17.3. The third-order valence-corrected chi connectivity index (χ3v) is 3.64. The van der Waals surface area contributed by atoms with Gasteiger partial charge in [-0.15, -0.1) is 0 Å². The number of halogens is 1. The summed E-state index contributed by atoms with van der Waals surface area (Å²) in [6.45, 7) is 2.28. The molecule has 0 aromatic heterocycles. The molecule has 0 spiro atoms. The first-order valence-corrected chi connectivity index (χ1v) is 7.96. The highest BCUT2D eigenvalue weighted by molar-refractivity contribution is 6.30. The van der Waals surface area contributed by atoms with Gasteiger partial charge < -0.3 is 15.7 Å². The van der Waals surface area contributed by atoms with Gasteiger partial charge in [0.25, 0.3) is 5.91 Å². The molecular formula is C18H21ClN2O2. The van der Waals surface area contributed by atoms with Gasteiger partial charge in [-0.2, -0.15) is 0 Å². The molecular weight excluding hydrogens is 312 g/mol. The van der Waals surface area contributed by atoms with Crippen molar-refractivity contribution in [2.75, 3.05) is 18.5 Å². The van der Waals surface area contributed by atoms with E-state index in [1.165, 1.54) is 5.56 Å². The van der Waals surface area contributed by atoms with Crippen LogP contribution < -0.4 is 10.6 Å². The van der Waals surface area contributed by atoms with Crippen LogP contribution in [-0.2, 0) is 6.42 Å². The maximum atomic E-state index is 11.9. The molecule has 0 aliphatic rings. The summed E-state index contributed by atoms with van der Waals surface area (Å²) in [4.78, 5) is 11.9. The van der Waals surface area contributed by atoms with E-state index in [1.54, 1.807) is 6.07 Å². The van der Waals surface area contributed by atoms with Gasteiger partial charge in [-0.3, -0.25) is 4.79 Å². The number of aliphatic hydroxyl groups is 1. The number of benzene rings is 2. The van der Waals surface area contributed by atoms with Gasteiger partial charge in [-0.1, -0.05) is 29.8 Å². The minimum Gasteiger partial charge on any atom is -0.395 e. The van der Waals surface area contributed by atoms with Crippen molar-refractivity contribution >= 4 is 23.2 Å². The lowest BCUT2D eigenvalue weighted by molar-refractivity contribution is 0.0945. The fourth-order valence-electron chi connectivity index (χ4n) is 2.33. The molecule has 0 heterocycles. The second-order valence-corrected chi connectivity index (χ2v) is 5.87. The van der Waals surface area contributed by atoms with Gasteiger partial charge in [0, 0.05) is 28.9 Å². The Morgan fingerprint density at radius 1 is 1.22 bits per heavy atom. The number of anilines is 1. The molecule has 0 aliphatic heterocycles. The van der Waals surface area contributed by atoms with E-state index in [1.807, 2.05) is 42.5 Å². The zero-order valence-corrected chi connectivity index (χ0v) is 13.8. The maximum absolute atomic E-state index is 11.9. The van der Waals surface area contributed by atoms with Gasteiger partial charge in [-0.25, -0.2) is 0 Å². The van der Waals surface area contributed by atoms with Gasteiger partial charge in [0.2, 0.25) is 0 Å². The Morgan fingerprint density at radius 2 is 1.96 bits per heavy atom. The lowest BCUT2D eigenvalue weighted by Gasteiger charge is -2.16. The highest BCUT2D eigenvalue weighted by Crippen LogP contribution is 2.15. The van der Waals surface area contributed by atoms with Gasteiger partial charge in [0.05, 0.1) is 6.61 Å². The van der Waals surface area contributed by atoms with Crippen LogP contribution in [-0.4, -0.2) is 30.2 Å². The molecule has 1 amide bonds. The molecule has 0 aliphatic carbocycles. The molecule has 122 valence electrons. The van der Waals surface area contributed by atoms with Gasteiger partial charge in [0.15, 0.2) is 0 Å². The Labute approximate surface area is 141 Å². The molecule has 3 N–H and O–H groups in total. The van der Waals surface area contributed by atoms with E-state index in [0.29, 0.717) is 5.56 Å². The average Bonchev–Trinajstić information content (AvgIpc) is 2.55. The third kappa shape index (κ3) is 5.58. The Hall–Kier alpha value is -2.04. The summed E-state index contributed by atoms with van der Waals surface area (Å²) in [5.74, 6) is -0.187. The molecule has 2 aromatic rings.